The minimum Gasteiger partial charge on any atom is -0.336 e. The number of carbonyl (C=O) groups is 1. The van der Waals surface area contributed by atoms with E-state index in [0.717, 1.165) is 11.3 Å². The largest absolute Gasteiger partial charge is 0.336 e. The quantitative estimate of drug-likeness (QED) is 0.555. The van der Waals surface area contributed by atoms with Gasteiger partial charge in [0.1, 0.15) is 5.69 Å². The molecule has 0 unspecified atom stereocenters. The fourth-order valence-electron chi connectivity index (χ4n) is 3.13. The highest BCUT2D eigenvalue weighted by Crippen LogP contribution is 2.18. The Morgan fingerprint density at radius 1 is 0.962 bits per heavy atom. The summed E-state index contributed by atoms with van der Waals surface area (Å²) in [5.41, 5.74) is 2.58. The highest BCUT2D eigenvalue weighted by molar-refractivity contribution is 5.93. The van der Waals surface area contributed by atoms with E-state index >= 15 is 0 Å². The third-order valence-corrected chi connectivity index (χ3v) is 4.47. The van der Waals surface area contributed by atoms with Crippen molar-refractivity contribution in [2.45, 2.75) is 6.54 Å². The minimum atomic E-state index is -0.0560. The van der Waals surface area contributed by atoms with Gasteiger partial charge < -0.3 is 4.90 Å². The van der Waals surface area contributed by atoms with Gasteiger partial charge in [-0.15, -0.1) is 0 Å². The molecule has 1 heterocycles. The van der Waals surface area contributed by atoms with E-state index in [-0.39, 0.29) is 5.91 Å². The standard InChI is InChI=1S/C22H19N3O/c1-24(15-17-11-12-18-7-5-6-8-19(18)13-17)22(26)21-14-23-16-25(21)20-9-3-2-4-10-20/h2-14,16H,15H2,1H3. The number of amides is 1. The third kappa shape index (κ3) is 3.09. The van der Waals surface area contributed by atoms with Gasteiger partial charge in [0.25, 0.3) is 5.91 Å². The lowest BCUT2D eigenvalue weighted by Gasteiger charge is -2.18. The lowest BCUT2D eigenvalue weighted by molar-refractivity contribution is 0.0777. The number of nitrogens with zero attached hydrogens (tertiary/aromatic N) is 3. The fraction of sp³-hybridized carbons (Fsp3) is 0.0909. The van der Waals surface area contributed by atoms with Gasteiger partial charge in [0.15, 0.2) is 0 Å². The molecule has 4 rings (SSSR count). The number of carbonyl (C=O) groups excluding carboxylic acids is 1. The summed E-state index contributed by atoms with van der Waals surface area (Å²) in [4.78, 5) is 18.8. The Labute approximate surface area is 152 Å². The molecule has 4 aromatic rings. The molecule has 0 bridgehead atoms. The van der Waals surface area contributed by atoms with Crippen LogP contribution in [0.4, 0.5) is 0 Å². The molecule has 0 radical (unpaired) electrons. The second-order valence-corrected chi connectivity index (χ2v) is 6.33. The molecule has 0 spiro atoms. The van der Waals surface area contributed by atoms with Crippen LogP contribution >= 0.6 is 0 Å². The first-order valence-corrected chi connectivity index (χ1v) is 8.53. The van der Waals surface area contributed by atoms with Crippen molar-refractivity contribution in [2.75, 3.05) is 7.05 Å². The van der Waals surface area contributed by atoms with Crippen LogP contribution in [0.5, 0.6) is 0 Å². The summed E-state index contributed by atoms with van der Waals surface area (Å²) in [7, 11) is 1.82. The molecule has 4 heteroatoms. The number of rotatable bonds is 4. The Morgan fingerprint density at radius 2 is 1.69 bits per heavy atom. The van der Waals surface area contributed by atoms with Crippen molar-refractivity contribution in [2.24, 2.45) is 0 Å². The third-order valence-electron chi connectivity index (χ3n) is 4.47. The number of benzene rings is 3. The molecule has 0 saturated carbocycles. The van der Waals surface area contributed by atoms with Crippen LogP contribution in [0.1, 0.15) is 16.1 Å². The van der Waals surface area contributed by atoms with Crippen LogP contribution in [0.15, 0.2) is 85.3 Å². The van der Waals surface area contributed by atoms with E-state index in [1.807, 2.05) is 54.1 Å². The van der Waals surface area contributed by atoms with Gasteiger partial charge in [-0.2, -0.15) is 0 Å². The summed E-state index contributed by atoms with van der Waals surface area (Å²) < 4.78 is 1.82. The lowest BCUT2D eigenvalue weighted by Crippen LogP contribution is -2.28. The maximum atomic E-state index is 12.9. The van der Waals surface area contributed by atoms with Gasteiger partial charge in [-0.05, 0) is 34.5 Å². The summed E-state index contributed by atoms with van der Waals surface area (Å²) in [5, 5.41) is 2.38. The van der Waals surface area contributed by atoms with Crippen molar-refractivity contribution in [1.29, 1.82) is 0 Å². The Kier molecular flexibility index (Phi) is 4.23. The van der Waals surface area contributed by atoms with E-state index in [0.29, 0.717) is 12.2 Å². The summed E-state index contributed by atoms with van der Waals surface area (Å²) in [5.74, 6) is -0.0560. The van der Waals surface area contributed by atoms with Gasteiger partial charge in [-0.25, -0.2) is 4.98 Å². The van der Waals surface area contributed by atoms with Crippen LogP contribution in [0.3, 0.4) is 0 Å². The average molecular weight is 341 g/mol. The van der Waals surface area contributed by atoms with Gasteiger partial charge in [0.05, 0.1) is 12.5 Å². The van der Waals surface area contributed by atoms with Crippen molar-refractivity contribution in [1.82, 2.24) is 14.5 Å². The van der Waals surface area contributed by atoms with Crippen LogP contribution < -0.4 is 0 Å². The molecule has 0 N–H and O–H groups in total. The molecule has 0 saturated heterocycles. The summed E-state index contributed by atoms with van der Waals surface area (Å²) in [6.07, 6.45) is 3.29. The number of fused-ring (bicyclic) bond motifs is 1. The Morgan fingerprint density at radius 3 is 2.50 bits per heavy atom. The SMILES string of the molecule is CN(Cc1ccc2ccccc2c1)C(=O)c1cncn1-c1ccccc1. The molecule has 0 atom stereocenters. The lowest BCUT2D eigenvalue weighted by atomic mass is 10.1. The van der Waals surface area contributed by atoms with E-state index in [1.54, 1.807) is 17.4 Å². The van der Waals surface area contributed by atoms with E-state index in [9.17, 15) is 4.79 Å². The van der Waals surface area contributed by atoms with E-state index in [1.165, 1.54) is 10.8 Å². The van der Waals surface area contributed by atoms with Gasteiger partial charge in [0.2, 0.25) is 0 Å². The molecule has 3 aromatic carbocycles. The van der Waals surface area contributed by atoms with Gasteiger partial charge in [0, 0.05) is 19.3 Å². The predicted octanol–water partition coefficient (Wildman–Crippen LogP) is 4.30. The monoisotopic (exact) mass is 341 g/mol. The van der Waals surface area contributed by atoms with Crippen molar-refractivity contribution in [3.05, 3.63) is 96.6 Å². The highest BCUT2D eigenvalue weighted by Gasteiger charge is 2.17. The number of hydrogen-bond donors (Lipinski definition) is 0. The number of imidazole rings is 1. The second-order valence-electron chi connectivity index (χ2n) is 6.33. The molecule has 0 aliphatic rings. The topological polar surface area (TPSA) is 38.1 Å². The van der Waals surface area contributed by atoms with Crippen molar-refractivity contribution >= 4 is 16.7 Å². The number of aromatic nitrogens is 2. The molecule has 1 aromatic heterocycles. The average Bonchev–Trinajstić information content (AvgIpc) is 3.17. The fourth-order valence-corrected chi connectivity index (χ4v) is 3.13. The Hall–Kier alpha value is -3.40. The first-order chi connectivity index (χ1) is 12.7. The Bertz CT molecular complexity index is 1050. The molecule has 0 aliphatic heterocycles. The number of para-hydroxylation sites is 1. The molecule has 128 valence electrons. The zero-order chi connectivity index (χ0) is 17.9. The summed E-state index contributed by atoms with van der Waals surface area (Å²) >= 11 is 0. The normalized spacial score (nSPS) is 10.8. The maximum Gasteiger partial charge on any atom is 0.272 e. The van der Waals surface area contributed by atoms with E-state index in [4.69, 9.17) is 0 Å². The van der Waals surface area contributed by atoms with Crippen LogP contribution in [0.25, 0.3) is 16.5 Å². The summed E-state index contributed by atoms with van der Waals surface area (Å²) in [6, 6.07) is 24.3. The molecule has 0 fully saturated rings. The van der Waals surface area contributed by atoms with Crippen LogP contribution in [0.2, 0.25) is 0 Å². The second kappa shape index (κ2) is 6.84. The van der Waals surface area contributed by atoms with Gasteiger partial charge in [-0.3, -0.25) is 9.36 Å². The highest BCUT2D eigenvalue weighted by atomic mass is 16.2. The van der Waals surface area contributed by atoms with Gasteiger partial charge >= 0.3 is 0 Å². The van der Waals surface area contributed by atoms with Crippen LogP contribution in [-0.2, 0) is 6.54 Å². The minimum absolute atomic E-state index is 0.0560. The molecule has 0 aliphatic carbocycles. The molecule has 1 amide bonds. The molecular formula is C22H19N3O. The first kappa shape index (κ1) is 16.1. The van der Waals surface area contributed by atoms with Crippen molar-refractivity contribution in [3.63, 3.8) is 0 Å². The summed E-state index contributed by atoms with van der Waals surface area (Å²) in [6.45, 7) is 0.545. The van der Waals surface area contributed by atoms with Crippen LogP contribution in [-0.4, -0.2) is 27.4 Å². The maximum absolute atomic E-state index is 12.9. The van der Waals surface area contributed by atoms with Crippen LogP contribution in [0, 0.1) is 0 Å². The molecule has 4 nitrogen and oxygen atoms in total. The smallest absolute Gasteiger partial charge is 0.272 e. The van der Waals surface area contributed by atoms with Crippen molar-refractivity contribution in [3.8, 4) is 5.69 Å². The predicted molar refractivity (Wildman–Crippen MR) is 103 cm³/mol. The zero-order valence-electron chi connectivity index (χ0n) is 14.5. The molecule has 26 heavy (non-hydrogen) atoms. The van der Waals surface area contributed by atoms with Gasteiger partial charge in [-0.1, -0.05) is 54.6 Å². The van der Waals surface area contributed by atoms with Crippen molar-refractivity contribution < 1.29 is 4.79 Å². The zero-order valence-corrected chi connectivity index (χ0v) is 14.5. The van der Waals surface area contributed by atoms with E-state index in [2.05, 4.69) is 35.3 Å². The first-order valence-electron chi connectivity index (χ1n) is 8.53. The van der Waals surface area contributed by atoms with E-state index < -0.39 is 0 Å². The number of hydrogen-bond acceptors (Lipinski definition) is 2. The molecular weight excluding hydrogens is 322 g/mol. The Balaban J connectivity index is 1.58.